The summed E-state index contributed by atoms with van der Waals surface area (Å²) < 4.78 is 0. The summed E-state index contributed by atoms with van der Waals surface area (Å²) in [6.45, 7) is 0. The van der Waals surface area contributed by atoms with Crippen LogP contribution in [0.1, 0.15) is 19.3 Å². The van der Waals surface area contributed by atoms with E-state index in [1.807, 2.05) is 24.3 Å². The Labute approximate surface area is 125 Å². The molecule has 3 N–H and O–H groups in total. The number of nitrogens with one attached hydrogen (secondary N) is 1. The standard InChI is InChI=1S/C13H17BrN2O2S/c14-8-4-3-7-13(18)16-10-5-1-2-6-11(10)19-9-12(15)17/h1-2,5-6H,3-4,7-9H2,(H2,15,17)(H,16,18). The zero-order valence-corrected chi connectivity index (χ0v) is 12.9. The third-order valence-electron chi connectivity index (χ3n) is 2.32. The van der Waals surface area contributed by atoms with Crippen molar-refractivity contribution in [3.8, 4) is 0 Å². The Morgan fingerprint density at radius 1 is 1.26 bits per heavy atom. The predicted molar refractivity (Wildman–Crippen MR) is 82.6 cm³/mol. The first-order valence-electron chi connectivity index (χ1n) is 5.99. The summed E-state index contributed by atoms with van der Waals surface area (Å²) in [5.41, 5.74) is 5.85. The molecule has 1 aromatic rings. The van der Waals surface area contributed by atoms with Crippen LogP contribution in [0.5, 0.6) is 0 Å². The van der Waals surface area contributed by atoms with Crippen molar-refractivity contribution in [1.29, 1.82) is 0 Å². The first-order chi connectivity index (χ1) is 9.13. The number of carbonyl (C=O) groups is 2. The van der Waals surface area contributed by atoms with E-state index >= 15 is 0 Å². The van der Waals surface area contributed by atoms with Crippen molar-refractivity contribution in [3.05, 3.63) is 24.3 Å². The van der Waals surface area contributed by atoms with E-state index in [-0.39, 0.29) is 17.6 Å². The first kappa shape index (κ1) is 16.0. The zero-order valence-electron chi connectivity index (χ0n) is 10.5. The van der Waals surface area contributed by atoms with Gasteiger partial charge in [-0.1, -0.05) is 28.1 Å². The predicted octanol–water partition coefficient (Wildman–Crippen LogP) is 2.77. The average Bonchev–Trinajstić information content (AvgIpc) is 2.38. The number of thioether (sulfide) groups is 1. The largest absolute Gasteiger partial charge is 0.369 e. The van der Waals surface area contributed by atoms with E-state index in [2.05, 4.69) is 21.2 Å². The SMILES string of the molecule is NC(=O)CSc1ccccc1NC(=O)CCCCBr. The fourth-order valence-corrected chi connectivity index (χ4v) is 2.58. The van der Waals surface area contributed by atoms with E-state index in [4.69, 9.17) is 5.73 Å². The number of rotatable bonds is 8. The number of hydrogen-bond acceptors (Lipinski definition) is 3. The van der Waals surface area contributed by atoms with E-state index in [9.17, 15) is 9.59 Å². The van der Waals surface area contributed by atoms with Crippen LogP contribution < -0.4 is 11.1 Å². The molecule has 0 unspecified atom stereocenters. The van der Waals surface area contributed by atoms with Crippen molar-refractivity contribution in [2.24, 2.45) is 5.73 Å². The molecule has 0 aliphatic rings. The van der Waals surface area contributed by atoms with Gasteiger partial charge >= 0.3 is 0 Å². The Balaban J connectivity index is 2.56. The van der Waals surface area contributed by atoms with Crippen LogP contribution in [-0.2, 0) is 9.59 Å². The molecule has 6 heteroatoms. The molecule has 0 atom stereocenters. The van der Waals surface area contributed by atoms with Gasteiger partial charge in [-0.05, 0) is 25.0 Å². The highest BCUT2D eigenvalue weighted by atomic mass is 79.9. The number of carbonyl (C=O) groups excluding carboxylic acids is 2. The van der Waals surface area contributed by atoms with E-state index in [1.54, 1.807) is 0 Å². The molecule has 2 amide bonds. The van der Waals surface area contributed by atoms with E-state index in [0.29, 0.717) is 6.42 Å². The van der Waals surface area contributed by atoms with Gasteiger partial charge in [0.15, 0.2) is 0 Å². The molecule has 0 heterocycles. The van der Waals surface area contributed by atoms with E-state index < -0.39 is 0 Å². The number of nitrogens with two attached hydrogens (primary N) is 1. The number of primary amides is 1. The summed E-state index contributed by atoms with van der Waals surface area (Å²) in [5.74, 6) is -0.173. The van der Waals surface area contributed by atoms with Crippen LogP contribution in [0.3, 0.4) is 0 Å². The van der Waals surface area contributed by atoms with Crippen molar-refractivity contribution in [1.82, 2.24) is 0 Å². The second-order valence-electron chi connectivity index (χ2n) is 3.95. The minimum Gasteiger partial charge on any atom is -0.369 e. The lowest BCUT2D eigenvalue weighted by molar-refractivity contribution is -0.116. The smallest absolute Gasteiger partial charge is 0.227 e. The minimum atomic E-state index is -0.372. The molecule has 104 valence electrons. The highest BCUT2D eigenvalue weighted by Gasteiger charge is 2.07. The molecule has 0 spiro atoms. The Kier molecular flexibility index (Phi) is 7.59. The lowest BCUT2D eigenvalue weighted by atomic mass is 10.2. The molecule has 1 rings (SSSR count). The van der Waals surface area contributed by atoms with Crippen LogP contribution in [0.2, 0.25) is 0 Å². The topological polar surface area (TPSA) is 72.2 Å². The number of halogens is 1. The van der Waals surface area contributed by atoms with Gasteiger partial charge in [0.25, 0.3) is 0 Å². The van der Waals surface area contributed by atoms with Crippen molar-refractivity contribution in [3.63, 3.8) is 0 Å². The molecule has 0 fully saturated rings. The molecule has 0 saturated carbocycles. The monoisotopic (exact) mass is 344 g/mol. The number of benzene rings is 1. The molecule has 0 aliphatic heterocycles. The normalized spacial score (nSPS) is 10.2. The summed E-state index contributed by atoms with van der Waals surface area (Å²) in [6.07, 6.45) is 2.33. The average molecular weight is 345 g/mol. The van der Waals surface area contributed by atoms with Gasteiger partial charge < -0.3 is 11.1 Å². The van der Waals surface area contributed by atoms with E-state index in [0.717, 1.165) is 28.8 Å². The number of para-hydroxylation sites is 1. The highest BCUT2D eigenvalue weighted by Crippen LogP contribution is 2.26. The Morgan fingerprint density at radius 3 is 2.68 bits per heavy atom. The maximum atomic E-state index is 11.8. The fourth-order valence-electron chi connectivity index (χ4n) is 1.44. The van der Waals surface area contributed by atoms with Crippen LogP contribution >= 0.6 is 27.7 Å². The number of alkyl halides is 1. The third kappa shape index (κ3) is 6.63. The van der Waals surface area contributed by atoms with Crippen LogP contribution in [0.25, 0.3) is 0 Å². The summed E-state index contributed by atoms with van der Waals surface area (Å²) in [5, 5.41) is 3.77. The van der Waals surface area contributed by atoms with Gasteiger partial charge in [0.2, 0.25) is 11.8 Å². The third-order valence-corrected chi connectivity index (χ3v) is 3.98. The number of anilines is 1. The van der Waals surface area contributed by atoms with Gasteiger partial charge in [0, 0.05) is 16.6 Å². The van der Waals surface area contributed by atoms with Crippen molar-refractivity contribution >= 4 is 45.2 Å². The highest BCUT2D eigenvalue weighted by molar-refractivity contribution is 9.09. The summed E-state index contributed by atoms with van der Waals surface area (Å²) in [7, 11) is 0. The molecule has 0 aliphatic carbocycles. The van der Waals surface area contributed by atoms with Crippen molar-refractivity contribution < 1.29 is 9.59 Å². The molecule has 0 bridgehead atoms. The van der Waals surface area contributed by atoms with Crippen molar-refractivity contribution in [2.45, 2.75) is 24.2 Å². The van der Waals surface area contributed by atoms with E-state index in [1.165, 1.54) is 11.8 Å². The maximum absolute atomic E-state index is 11.8. The van der Waals surface area contributed by atoms with Gasteiger partial charge in [-0.3, -0.25) is 9.59 Å². The van der Waals surface area contributed by atoms with Crippen LogP contribution in [0, 0.1) is 0 Å². The molecule has 0 saturated heterocycles. The number of hydrogen-bond donors (Lipinski definition) is 2. The second kappa shape index (κ2) is 8.98. The summed E-state index contributed by atoms with van der Waals surface area (Å²) in [4.78, 5) is 23.4. The molecule has 0 aromatic heterocycles. The quantitative estimate of drug-likeness (QED) is 0.432. The lowest BCUT2D eigenvalue weighted by Gasteiger charge is -2.09. The summed E-state index contributed by atoms with van der Waals surface area (Å²) in [6, 6.07) is 7.40. The number of amides is 2. The fraction of sp³-hybridized carbons (Fsp3) is 0.385. The van der Waals surface area contributed by atoms with Crippen molar-refractivity contribution in [2.75, 3.05) is 16.4 Å². The zero-order chi connectivity index (χ0) is 14.1. The van der Waals surface area contributed by atoms with Gasteiger partial charge in [0.05, 0.1) is 11.4 Å². The molecule has 19 heavy (non-hydrogen) atoms. The van der Waals surface area contributed by atoms with Crippen LogP contribution in [0.15, 0.2) is 29.2 Å². The van der Waals surface area contributed by atoms with Gasteiger partial charge in [-0.15, -0.1) is 11.8 Å². The second-order valence-corrected chi connectivity index (χ2v) is 5.76. The summed E-state index contributed by atoms with van der Waals surface area (Å²) >= 11 is 4.66. The molecular formula is C13H17BrN2O2S. The lowest BCUT2D eigenvalue weighted by Crippen LogP contribution is -2.14. The minimum absolute atomic E-state index is 0.00641. The molecular weight excluding hydrogens is 328 g/mol. The molecule has 1 aromatic carbocycles. The Hall–Kier alpha value is -1.01. The Bertz CT molecular complexity index is 440. The molecule has 0 radical (unpaired) electrons. The van der Waals surface area contributed by atoms with Crippen LogP contribution in [0.4, 0.5) is 5.69 Å². The Morgan fingerprint density at radius 2 is 2.00 bits per heavy atom. The number of unbranched alkanes of at least 4 members (excludes halogenated alkanes) is 1. The maximum Gasteiger partial charge on any atom is 0.227 e. The first-order valence-corrected chi connectivity index (χ1v) is 8.10. The van der Waals surface area contributed by atoms with Gasteiger partial charge in [-0.25, -0.2) is 0 Å². The van der Waals surface area contributed by atoms with Gasteiger partial charge in [0.1, 0.15) is 0 Å². The van der Waals surface area contributed by atoms with Crippen LogP contribution in [-0.4, -0.2) is 22.9 Å². The van der Waals surface area contributed by atoms with Gasteiger partial charge in [-0.2, -0.15) is 0 Å². The molecule has 4 nitrogen and oxygen atoms in total.